The van der Waals surface area contributed by atoms with Crippen LogP contribution in [-0.2, 0) is 0 Å². The number of nitrogens with two attached hydrogens (primary N) is 1. The maximum Gasteiger partial charge on any atom is 0.270 e. The van der Waals surface area contributed by atoms with Crippen LogP contribution in [-0.4, -0.2) is 107 Å². The summed E-state index contributed by atoms with van der Waals surface area (Å²) in [6.45, 7) is 4.38. The molecule has 1 fully saturated rings. The fourth-order valence-corrected chi connectivity index (χ4v) is 4.41. The molecule has 0 spiro atoms. The SMILES string of the molecule is COc1ccc(Cl)cc1N1CCN(CC(O)CNc2nccc(C(=O)NCCNc3nccc(C(N)=O)n3)n2)CC1. The number of anilines is 3. The summed E-state index contributed by atoms with van der Waals surface area (Å²) in [5.41, 5.74) is 6.44. The van der Waals surface area contributed by atoms with Gasteiger partial charge in [0, 0.05) is 69.8 Å². The zero-order valence-corrected chi connectivity index (χ0v) is 23.3. The summed E-state index contributed by atoms with van der Waals surface area (Å²) >= 11 is 6.18. The first-order valence-electron chi connectivity index (χ1n) is 13.0. The molecule has 218 valence electrons. The average Bonchev–Trinajstić information content (AvgIpc) is 2.99. The largest absolute Gasteiger partial charge is 0.495 e. The van der Waals surface area contributed by atoms with Crippen LogP contribution in [0.25, 0.3) is 0 Å². The number of β-amino-alcohol motifs (C(OH)–C–C–N with tert-alkyl or cyclic N) is 1. The predicted molar refractivity (Wildman–Crippen MR) is 155 cm³/mol. The molecule has 2 amide bonds. The lowest BCUT2D eigenvalue weighted by Crippen LogP contribution is -2.49. The van der Waals surface area contributed by atoms with E-state index in [1.807, 2.05) is 12.1 Å². The second-order valence-corrected chi connectivity index (χ2v) is 9.65. The van der Waals surface area contributed by atoms with Gasteiger partial charge in [0.05, 0.1) is 18.9 Å². The Balaban J connectivity index is 1.18. The first kappa shape index (κ1) is 29.7. The molecular weight excluding hydrogens is 552 g/mol. The molecule has 4 rings (SSSR count). The summed E-state index contributed by atoms with van der Waals surface area (Å²) in [5, 5.41) is 19.9. The van der Waals surface area contributed by atoms with E-state index in [1.54, 1.807) is 13.2 Å². The van der Waals surface area contributed by atoms with Crippen molar-refractivity contribution in [3.05, 3.63) is 59.1 Å². The third-order valence-electron chi connectivity index (χ3n) is 6.31. The number of aliphatic hydroxyl groups is 1. The van der Waals surface area contributed by atoms with Crippen LogP contribution in [0.1, 0.15) is 21.0 Å². The molecule has 1 saturated heterocycles. The number of piperazine rings is 1. The lowest BCUT2D eigenvalue weighted by Gasteiger charge is -2.37. The van der Waals surface area contributed by atoms with Crippen LogP contribution in [0.5, 0.6) is 5.75 Å². The van der Waals surface area contributed by atoms with E-state index in [0.29, 0.717) is 18.1 Å². The van der Waals surface area contributed by atoms with Crippen LogP contribution in [0.3, 0.4) is 0 Å². The number of carbonyl (C=O) groups is 2. The number of nitrogens with one attached hydrogen (secondary N) is 3. The third kappa shape index (κ3) is 8.61. The van der Waals surface area contributed by atoms with Crippen molar-refractivity contribution in [1.29, 1.82) is 0 Å². The molecule has 2 aromatic heterocycles. The van der Waals surface area contributed by atoms with Crippen LogP contribution in [0, 0.1) is 0 Å². The van der Waals surface area contributed by atoms with E-state index in [-0.39, 0.29) is 42.3 Å². The number of halogens is 1. The Kier molecular flexibility index (Phi) is 10.4. The number of aliphatic hydroxyl groups excluding tert-OH is 1. The summed E-state index contributed by atoms with van der Waals surface area (Å²) < 4.78 is 5.47. The Morgan fingerprint density at radius 2 is 1.71 bits per heavy atom. The molecule has 14 nitrogen and oxygen atoms in total. The first-order valence-corrected chi connectivity index (χ1v) is 13.4. The maximum absolute atomic E-state index is 12.5. The van der Waals surface area contributed by atoms with Crippen molar-refractivity contribution in [3.63, 3.8) is 0 Å². The van der Waals surface area contributed by atoms with E-state index in [9.17, 15) is 14.7 Å². The minimum Gasteiger partial charge on any atom is -0.495 e. The van der Waals surface area contributed by atoms with Crippen molar-refractivity contribution in [2.75, 3.05) is 75.0 Å². The molecule has 1 aliphatic heterocycles. The monoisotopic (exact) mass is 584 g/mol. The van der Waals surface area contributed by atoms with Crippen LogP contribution < -0.4 is 31.3 Å². The number of nitrogens with zero attached hydrogens (tertiary/aromatic N) is 6. The molecule has 0 saturated carbocycles. The molecule has 0 radical (unpaired) electrons. The van der Waals surface area contributed by atoms with E-state index in [4.69, 9.17) is 22.1 Å². The van der Waals surface area contributed by atoms with Gasteiger partial charge in [-0.2, -0.15) is 0 Å². The van der Waals surface area contributed by atoms with E-state index < -0.39 is 12.0 Å². The van der Waals surface area contributed by atoms with Crippen molar-refractivity contribution in [1.82, 2.24) is 30.2 Å². The summed E-state index contributed by atoms with van der Waals surface area (Å²) in [5.74, 6) is 0.203. The summed E-state index contributed by atoms with van der Waals surface area (Å²) in [6.07, 6.45) is 2.23. The number of ether oxygens (including phenoxy) is 1. The standard InChI is InChI=1S/C26H33ClN10O4/c1-41-22-3-2-17(27)14-21(22)37-12-10-36(11-13-37)16-18(38)15-33-26-31-7-5-20(35-26)24(40)29-8-9-32-25-30-6-4-19(34-25)23(28)39/h2-7,14,18,38H,8-13,15-16H2,1H3,(H2,28,39)(H,29,40)(H,30,32,34)(H,31,33,35). The predicted octanol–water partition coefficient (Wildman–Crippen LogP) is 0.464. The Morgan fingerprint density at radius 3 is 2.41 bits per heavy atom. The highest BCUT2D eigenvalue weighted by Crippen LogP contribution is 2.31. The van der Waals surface area contributed by atoms with Crippen molar-refractivity contribution >= 4 is 41.0 Å². The molecule has 1 aliphatic rings. The Labute approximate surface area is 242 Å². The number of aromatic nitrogens is 4. The molecule has 3 aromatic rings. The van der Waals surface area contributed by atoms with E-state index in [1.165, 1.54) is 24.5 Å². The van der Waals surface area contributed by atoms with Gasteiger partial charge in [-0.25, -0.2) is 19.9 Å². The summed E-state index contributed by atoms with van der Waals surface area (Å²) in [4.78, 5) is 44.5. The summed E-state index contributed by atoms with van der Waals surface area (Å²) in [7, 11) is 1.64. The topological polar surface area (TPSA) is 184 Å². The second-order valence-electron chi connectivity index (χ2n) is 9.22. The van der Waals surface area contributed by atoms with Gasteiger partial charge in [0.15, 0.2) is 0 Å². The Bertz CT molecular complexity index is 1340. The smallest absolute Gasteiger partial charge is 0.270 e. The molecule has 15 heteroatoms. The number of hydrogen-bond acceptors (Lipinski definition) is 12. The van der Waals surface area contributed by atoms with Gasteiger partial charge in [0.25, 0.3) is 11.8 Å². The molecule has 1 aromatic carbocycles. The van der Waals surface area contributed by atoms with Crippen molar-refractivity contribution < 1.29 is 19.4 Å². The Morgan fingerprint density at radius 1 is 1.02 bits per heavy atom. The van der Waals surface area contributed by atoms with Crippen molar-refractivity contribution in [2.45, 2.75) is 6.10 Å². The molecule has 0 aliphatic carbocycles. The minimum atomic E-state index is -0.662. The average molecular weight is 585 g/mol. The van der Waals surface area contributed by atoms with E-state index in [2.05, 4.69) is 45.7 Å². The fourth-order valence-electron chi connectivity index (χ4n) is 4.25. The van der Waals surface area contributed by atoms with E-state index in [0.717, 1.165) is 37.6 Å². The van der Waals surface area contributed by atoms with Gasteiger partial charge in [0.2, 0.25) is 11.9 Å². The molecule has 6 N–H and O–H groups in total. The molecular formula is C26H33ClN10O4. The lowest BCUT2D eigenvalue weighted by atomic mass is 10.2. The number of methoxy groups -OCH3 is 1. The van der Waals surface area contributed by atoms with Crippen LogP contribution in [0.15, 0.2) is 42.7 Å². The molecule has 1 atom stereocenters. The summed E-state index contributed by atoms with van der Waals surface area (Å²) in [6, 6.07) is 8.48. The van der Waals surface area contributed by atoms with Crippen LogP contribution in [0.2, 0.25) is 5.02 Å². The van der Waals surface area contributed by atoms with Gasteiger partial charge >= 0.3 is 0 Å². The lowest BCUT2D eigenvalue weighted by molar-refractivity contribution is 0.0949. The zero-order valence-electron chi connectivity index (χ0n) is 22.6. The fraction of sp³-hybridized carbons (Fsp3) is 0.385. The number of rotatable bonds is 13. The number of primary amides is 1. The van der Waals surface area contributed by atoms with Crippen LogP contribution >= 0.6 is 11.6 Å². The molecule has 41 heavy (non-hydrogen) atoms. The van der Waals surface area contributed by atoms with Gasteiger partial charge < -0.3 is 36.4 Å². The van der Waals surface area contributed by atoms with Gasteiger partial charge in [-0.3, -0.25) is 14.5 Å². The molecule has 3 heterocycles. The van der Waals surface area contributed by atoms with Gasteiger partial charge in [0.1, 0.15) is 17.1 Å². The highest BCUT2D eigenvalue weighted by Gasteiger charge is 2.22. The van der Waals surface area contributed by atoms with Gasteiger partial charge in [-0.1, -0.05) is 11.6 Å². The van der Waals surface area contributed by atoms with Crippen LogP contribution in [0.4, 0.5) is 17.6 Å². The Hall–Kier alpha value is -4.27. The zero-order chi connectivity index (χ0) is 29.2. The molecule has 0 bridgehead atoms. The normalized spacial score (nSPS) is 14.3. The van der Waals surface area contributed by atoms with E-state index >= 15 is 0 Å². The third-order valence-corrected chi connectivity index (χ3v) is 6.54. The number of amides is 2. The quantitative estimate of drug-likeness (QED) is 0.175. The minimum absolute atomic E-state index is 0.0927. The van der Waals surface area contributed by atoms with Crippen molar-refractivity contribution in [3.8, 4) is 5.75 Å². The highest BCUT2D eigenvalue weighted by atomic mass is 35.5. The second kappa shape index (κ2) is 14.4. The number of benzene rings is 1. The molecule has 1 unspecified atom stereocenters. The number of carbonyl (C=O) groups excluding carboxylic acids is 2. The van der Waals surface area contributed by atoms with Gasteiger partial charge in [-0.15, -0.1) is 0 Å². The van der Waals surface area contributed by atoms with Crippen molar-refractivity contribution in [2.24, 2.45) is 5.73 Å². The van der Waals surface area contributed by atoms with Gasteiger partial charge in [-0.05, 0) is 30.3 Å². The number of hydrogen-bond donors (Lipinski definition) is 5. The first-order chi connectivity index (χ1) is 19.8. The highest BCUT2D eigenvalue weighted by molar-refractivity contribution is 6.31. The maximum atomic E-state index is 12.5.